The molecule has 140 valence electrons. The van der Waals surface area contributed by atoms with Gasteiger partial charge in [0.15, 0.2) is 0 Å². The molecule has 2 aromatic rings. The van der Waals surface area contributed by atoms with Gasteiger partial charge in [0.25, 0.3) is 5.69 Å². The topological polar surface area (TPSA) is 98.5 Å². The van der Waals surface area contributed by atoms with Gasteiger partial charge in [0.05, 0.1) is 9.82 Å². The van der Waals surface area contributed by atoms with E-state index in [1.807, 2.05) is 24.3 Å². The number of hydrogen-bond donors (Lipinski definition) is 1. The lowest BCUT2D eigenvalue weighted by Gasteiger charge is -2.14. The maximum absolute atomic E-state index is 12.4. The molecule has 0 bridgehead atoms. The number of nitrogens with zero attached hydrogens (tertiary/aromatic N) is 1. The van der Waals surface area contributed by atoms with Crippen molar-refractivity contribution >= 4 is 15.7 Å². The first-order valence-corrected chi connectivity index (χ1v) is 9.67. The minimum atomic E-state index is -3.86. The van der Waals surface area contributed by atoms with E-state index in [-0.39, 0.29) is 29.7 Å². The van der Waals surface area contributed by atoms with Gasteiger partial charge in [-0.25, -0.2) is 13.1 Å². The Morgan fingerprint density at radius 3 is 2.54 bits per heavy atom. The number of rotatable bonds is 8. The monoisotopic (exact) mass is 378 g/mol. The van der Waals surface area contributed by atoms with Gasteiger partial charge in [0.1, 0.15) is 12.4 Å². The van der Waals surface area contributed by atoms with E-state index in [1.54, 1.807) is 6.92 Å². The second-order valence-corrected chi connectivity index (χ2v) is 7.88. The number of hydrogen-bond acceptors (Lipinski definition) is 5. The first-order valence-electron chi connectivity index (χ1n) is 8.19. The molecule has 8 heteroatoms. The fourth-order valence-electron chi connectivity index (χ4n) is 2.50. The number of benzene rings is 2. The van der Waals surface area contributed by atoms with Crippen molar-refractivity contribution in [1.82, 2.24) is 4.72 Å². The minimum absolute atomic E-state index is 0.0525. The van der Waals surface area contributed by atoms with Crippen molar-refractivity contribution in [1.29, 1.82) is 0 Å². The number of ether oxygens (including phenoxy) is 1. The van der Waals surface area contributed by atoms with Crippen LogP contribution in [0.4, 0.5) is 5.69 Å². The average Bonchev–Trinajstić information content (AvgIpc) is 2.59. The summed E-state index contributed by atoms with van der Waals surface area (Å²) in [6.07, 6.45) is 0. The van der Waals surface area contributed by atoms with E-state index in [9.17, 15) is 18.5 Å². The van der Waals surface area contributed by atoms with Gasteiger partial charge in [0.2, 0.25) is 10.0 Å². The van der Waals surface area contributed by atoms with Crippen molar-refractivity contribution in [2.45, 2.75) is 31.6 Å². The van der Waals surface area contributed by atoms with Crippen LogP contribution in [-0.2, 0) is 10.0 Å². The number of sulfonamides is 1. The minimum Gasteiger partial charge on any atom is -0.492 e. The largest absolute Gasteiger partial charge is 0.492 e. The molecule has 0 aliphatic carbocycles. The zero-order valence-electron chi connectivity index (χ0n) is 14.9. The van der Waals surface area contributed by atoms with Crippen molar-refractivity contribution < 1.29 is 18.1 Å². The molecule has 0 spiro atoms. The van der Waals surface area contributed by atoms with Gasteiger partial charge in [-0.05, 0) is 30.0 Å². The summed E-state index contributed by atoms with van der Waals surface area (Å²) < 4.78 is 33.0. The molecular weight excluding hydrogens is 356 g/mol. The van der Waals surface area contributed by atoms with E-state index < -0.39 is 14.9 Å². The van der Waals surface area contributed by atoms with Gasteiger partial charge in [-0.3, -0.25) is 10.1 Å². The van der Waals surface area contributed by atoms with Crippen LogP contribution in [0.2, 0.25) is 0 Å². The van der Waals surface area contributed by atoms with Gasteiger partial charge in [-0.1, -0.05) is 38.1 Å². The summed E-state index contributed by atoms with van der Waals surface area (Å²) in [7, 11) is -3.86. The van der Waals surface area contributed by atoms with Crippen LogP contribution in [-0.4, -0.2) is 26.5 Å². The van der Waals surface area contributed by atoms with Crippen LogP contribution < -0.4 is 9.46 Å². The number of aryl methyl sites for hydroxylation is 1. The second kappa shape index (κ2) is 8.29. The van der Waals surface area contributed by atoms with Crippen LogP contribution in [0.5, 0.6) is 5.75 Å². The van der Waals surface area contributed by atoms with E-state index >= 15 is 0 Å². The Kier molecular flexibility index (Phi) is 6.33. The molecule has 0 fully saturated rings. The van der Waals surface area contributed by atoms with Gasteiger partial charge in [-0.15, -0.1) is 0 Å². The molecule has 0 saturated carbocycles. The maximum Gasteiger partial charge on any atom is 0.270 e. The maximum atomic E-state index is 12.4. The lowest BCUT2D eigenvalue weighted by Crippen LogP contribution is -2.29. The first kappa shape index (κ1) is 19.9. The smallest absolute Gasteiger partial charge is 0.270 e. The van der Waals surface area contributed by atoms with Gasteiger partial charge in [0, 0.05) is 18.7 Å². The molecule has 0 aliphatic heterocycles. The summed E-state index contributed by atoms with van der Waals surface area (Å²) >= 11 is 0. The zero-order chi connectivity index (χ0) is 19.3. The summed E-state index contributed by atoms with van der Waals surface area (Å²) in [5.41, 5.74) is 1.22. The highest BCUT2D eigenvalue weighted by molar-refractivity contribution is 7.89. The lowest BCUT2D eigenvalue weighted by molar-refractivity contribution is -0.385. The molecule has 0 aliphatic rings. The van der Waals surface area contributed by atoms with Crippen LogP contribution in [0.15, 0.2) is 47.4 Å². The SMILES string of the molecule is Cc1ccc([N+](=O)[O-])cc1S(=O)(=O)NCCOc1ccccc1C(C)C. The Morgan fingerprint density at radius 1 is 1.19 bits per heavy atom. The number of non-ortho nitro benzene ring substituents is 1. The normalized spacial score (nSPS) is 11.5. The van der Waals surface area contributed by atoms with Gasteiger partial charge in [-0.2, -0.15) is 0 Å². The second-order valence-electron chi connectivity index (χ2n) is 6.15. The van der Waals surface area contributed by atoms with Crippen molar-refractivity contribution in [2.24, 2.45) is 0 Å². The molecule has 0 atom stereocenters. The summed E-state index contributed by atoms with van der Waals surface area (Å²) in [5, 5.41) is 10.9. The number of nitro benzene ring substituents is 1. The molecule has 0 heterocycles. The van der Waals surface area contributed by atoms with Gasteiger partial charge >= 0.3 is 0 Å². The third kappa shape index (κ3) is 4.80. The van der Waals surface area contributed by atoms with Crippen LogP contribution in [0, 0.1) is 17.0 Å². The molecule has 7 nitrogen and oxygen atoms in total. The molecular formula is C18H22N2O5S. The Labute approximate surface area is 153 Å². The standard InChI is InChI=1S/C18H22N2O5S/c1-13(2)16-6-4-5-7-17(16)25-11-10-19-26(23,24)18-12-15(20(21)22)9-8-14(18)3/h4-9,12-13,19H,10-11H2,1-3H3. The molecule has 2 aromatic carbocycles. The van der Waals surface area contributed by atoms with Crippen molar-refractivity contribution in [3.8, 4) is 5.75 Å². The summed E-state index contributed by atoms with van der Waals surface area (Å²) in [6, 6.07) is 11.4. The summed E-state index contributed by atoms with van der Waals surface area (Å²) in [4.78, 5) is 10.1. The molecule has 26 heavy (non-hydrogen) atoms. The van der Waals surface area contributed by atoms with Crippen LogP contribution in [0.25, 0.3) is 0 Å². The fourth-order valence-corrected chi connectivity index (χ4v) is 3.77. The number of para-hydroxylation sites is 1. The third-order valence-corrected chi connectivity index (χ3v) is 5.47. The van der Waals surface area contributed by atoms with Crippen molar-refractivity contribution in [3.63, 3.8) is 0 Å². The lowest BCUT2D eigenvalue weighted by atomic mass is 10.0. The number of nitrogens with one attached hydrogen (secondary N) is 1. The Balaban J connectivity index is 2.04. The van der Waals surface area contributed by atoms with Crippen molar-refractivity contribution in [3.05, 3.63) is 63.7 Å². The summed E-state index contributed by atoms with van der Waals surface area (Å²) in [5.74, 6) is 1.00. The third-order valence-electron chi connectivity index (χ3n) is 3.86. The Hall–Kier alpha value is -2.45. The molecule has 0 aromatic heterocycles. The molecule has 0 saturated heterocycles. The molecule has 2 rings (SSSR count). The fraction of sp³-hybridized carbons (Fsp3) is 0.333. The van der Waals surface area contributed by atoms with Crippen LogP contribution in [0.3, 0.4) is 0 Å². The van der Waals surface area contributed by atoms with E-state index in [4.69, 9.17) is 4.74 Å². The van der Waals surface area contributed by atoms with Crippen molar-refractivity contribution in [2.75, 3.05) is 13.2 Å². The van der Waals surface area contributed by atoms with E-state index in [1.165, 1.54) is 12.1 Å². The highest BCUT2D eigenvalue weighted by Crippen LogP contribution is 2.26. The predicted octanol–water partition coefficient (Wildman–Crippen LogP) is 3.38. The van der Waals surface area contributed by atoms with E-state index in [0.29, 0.717) is 11.3 Å². The Morgan fingerprint density at radius 2 is 1.88 bits per heavy atom. The molecule has 0 radical (unpaired) electrons. The molecule has 0 unspecified atom stereocenters. The number of nitro groups is 1. The Bertz CT molecular complexity index is 894. The highest BCUT2D eigenvalue weighted by atomic mass is 32.2. The summed E-state index contributed by atoms with van der Waals surface area (Å²) in [6.45, 7) is 5.90. The molecule has 1 N–H and O–H groups in total. The van der Waals surface area contributed by atoms with Gasteiger partial charge < -0.3 is 4.74 Å². The molecule has 0 amide bonds. The van der Waals surface area contributed by atoms with E-state index in [0.717, 1.165) is 11.6 Å². The highest BCUT2D eigenvalue weighted by Gasteiger charge is 2.20. The van der Waals surface area contributed by atoms with Crippen LogP contribution >= 0.6 is 0 Å². The first-order chi connectivity index (χ1) is 12.2. The van der Waals surface area contributed by atoms with Crippen LogP contribution in [0.1, 0.15) is 30.9 Å². The average molecular weight is 378 g/mol. The zero-order valence-corrected chi connectivity index (χ0v) is 15.7. The van der Waals surface area contributed by atoms with E-state index in [2.05, 4.69) is 18.6 Å². The quantitative estimate of drug-likeness (QED) is 0.431. The predicted molar refractivity (Wildman–Crippen MR) is 99.0 cm³/mol.